The second-order valence-corrected chi connectivity index (χ2v) is 9.09. The molecular weight excluding hydrogens is 438 g/mol. The van der Waals surface area contributed by atoms with Crippen molar-refractivity contribution in [2.24, 2.45) is 0 Å². The quantitative estimate of drug-likeness (QED) is 0.589. The predicted octanol–water partition coefficient (Wildman–Crippen LogP) is 4.08. The van der Waals surface area contributed by atoms with Crippen molar-refractivity contribution in [1.82, 2.24) is 14.8 Å². The number of rotatable bonds is 6. The van der Waals surface area contributed by atoms with Crippen LogP contribution in [0.25, 0.3) is 0 Å². The molecule has 5 rings (SSSR count). The molecule has 3 aromatic rings. The van der Waals surface area contributed by atoms with Crippen molar-refractivity contribution < 1.29 is 9.59 Å². The Balaban J connectivity index is 1.50. The summed E-state index contributed by atoms with van der Waals surface area (Å²) in [7, 11) is 0. The first-order valence-electron chi connectivity index (χ1n) is 12.3. The van der Waals surface area contributed by atoms with Gasteiger partial charge in [0.05, 0.1) is 23.5 Å². The topological polar surface area (TPSA) is 68.8 Å². The number of fused-ring (bicyclic) bond motifs is 3. The van der Waals surface area contributed by atoms with E-state index in [1.165, 1.54) is 11.1 Å². The third kappa shape index (κ3) is 4.57. The molecule has 0 aliphatic carbocycles. The monoisotopic (exact) mass is 469 g/mol. The number of carbonyl (C=O) groups is 2. The summed E-state index contributed by atoms with van der Waals surface area (Å²) in [5, 5.41) is 2.91. The van der Waals surface area contributed by atoms with Gasteiger partial charge in [-0.2, -0.15) is 0 Å². The fraction of sp³-hybridized carbons (Fsp3) is 0.321. The molecule has 0 spiro atoms. The van der Waals surface area contributed by atoms with E-state index in [4.69, 9.17) is 0 Å². The molecule has 0 fully saturated rings. The molecule has 35 heavy (non-hydrogen) atoms. The minimum Gasteiger partial charge on any atom is -0.319 e. The van der Waals surface area contributed by atoms with Crippen molar-refractivity contribution in [1.29, 1.82) is 0 Å². The van der Waals surface area contributed by atoms with Crippen LogP contribution in [0.15, 0.2) is 66.9 Å². The highest BCUT2D eigenvalue weighted by Gasteiger charge is 2.34. The van der Waals surface area contributed by atoms with Gasteiger partial charge in [-0.05, 0) is 54.9 Å². The number of nitrogens with zero attached hydrogens (tertiary/aromatic N) is 4. The standard InChI is InChI=1S/C28H31N5O2/c1-3-31(4-2)18-22-16-20-10-5-6-11-21(20)17-32(22)19-26(34)33-25-14-8-7-12-23(25)28(35)30-24-13-9-15-29-27(24)33/h5-15,22H,3-4,16-19H2,1-2H3,(H,30,35)/t22-/m0/s1. The SMILES string of the molecule is CCN(CC)C[C@@H]1Cc2ccccc2CN1CC(=O)N1c2ccccc2C(=O)Nc2cccnc21. The summed E-state index contributed by atoms with van der Waals surface area (Å²) >= 11 is 0. The fourth-order valence-electron chi connectivity index (χ4n) is 5.12. The van der Waals surface area contributed by atoms with Crippen molar-refractivity contribution in [3.8, 4) is 0 Å². The molecule has 2 aliphatic rings. The maximum Gasteiger partial charge on any atom is 0.257 e. The summed E-state index contributed by atoms with van der Waals surface area (Å²) in [5.74, 6) is 0.114. The zero-order valence-corrected chi connectivity index (χ0v) is 20.3. The molecule has 2 amide bonds. The molecule has 0 saturated heterocycles. The van der Waals surface area contributed by atoms with Crippen molar-refractivity contribution in [3.63, 3.8) is 0 Å². The number of pyridine rings is 1. The lowest BCUT2D eigenvalue weighted by atomic mass is 9.93. The normalized spacial score (nSPS) is 17.3. The molecule has 1 N–H and O–H groups in total. The minimum atomic E-state index is -0.239. The Labute approximate surface area is 206 Å². The number of amides is 2. The number of likely N-dealkylation sites (N-methyl/N-ethyl adjacent to an activating group) is 1. The van der Waals surface area contributed by atoms with Crippen molar-refractivity contribution >= 4 is 29.0 Å². The second-order valence-electron chi connectivity index (χ2n) is 9.09. The van der Waals surface area contributed by atoms with Crippen LogP contribution >= 0.6 is 0 Å². The number of carbonyl (C=O) groups excluding carboxylic acids is 2. The summed E-state index contributed by atoms with van der Waals surface area (Å²) in [5.41, 5.74) is 4.18. The maximum atomic E-state index is 14.0. The number of anilines is 3. The molecule has 0 radical (unpaired) electrons. The Hall–Kier alpha value is -3.55. The Morgan fingerprint density at radius 2 is 1.77 bits per heavy atom. The summed E-state index contributed by atoms with van der Waals surface area (Å²) < 4.78 is 0. The van der Waals surface area contributed by atoms with E-state index in [0.29, 0.717) is 22.8 Å². The van der Waals surface area contributed by atoms with Gasteiger partial charge in [0.1, 0.15) is 0 Å². The highest BCUT2D eigenvalue weighted by atomic mass is 16.2. The minimum absolute atomic E-state index is 0.0992. The molecule has 180 valence electrons. The number of para-hydroxylation sites is 1. The summed E-state index contributed by atoms with van der Waals surface area (Å²) in [6.07, 6.45) is 2.56. The van der Waals surface area contributed by atoms with Crippen molar-refractivity contribution in [3.05, 3.63) is 83.6 Å². The number of hydrogen-bond acceptors (Lipinski definition) is 5. The van der Waals surface area contributed by atoms with Gasteiger partial charge in [0.2, 0.25) is 5.91 Å². The molecule has 2 aliphatic heterocycles. The van der Waals surface area contributed by atoms with Crippen LogP contribution in [0.4, 0.5) is 17.2 Å². The highest BCUT2D eigenvalue weighted by Crippen LogP contribution is 2.36. The van der Waals surface area contributed by atoms with Crippen molar-refractivity contribution in [2.45, 2.75) is 32.9 Å². The van der Waals surface area contributed by atoms with Gasteiger partial charge in [0.25, 0.3) is 5.91 Å². The Kier molecular flexibility index (Phi) is 6.61. The van der Waals surface area contributed by atoms with E-state index >= 15 is 0 Å². The molecule has 0 bridgehead atoms. The predicted molar refractivity (Wildman–Crippen MR) is 138 cm³/mol. The average Bonchev–Trinajstić information content (AvgIpc) is 3.01. The third-order valence-corrected chi connectivity index (χ3v) is 7.05. The first-order chi connectivity index (χ1) is 17.1. The fourth-order valence-corrected chi connectivity index (χ4v) is 5.12. The van der Waals surface area contributed by atoms with Gasteiger partial charge < -0.3 is 10.2 Å². The first kappa shape index (κ1) is 23.2. The molecule has 3 heterocycles. The van der Waals surface area contributed by atoms with Gasteiger partial charge in [-0.3, -0.25) is 19.4 Å². The van der Waals surface area contributed by atoms with E-state index in [1.54, 1.807) is 29.3 Å². The van der Waals surface area contributed by atoms with Crippen LogP contribution in [0, 0.1) is 0 Å². The zero-order chi connectivity index (χ0) is 24.4. The van der Waals surface area contributed by atoms with Crippen LogP contribution in [-0.2, 0) is 17.8 Å². The Morgan fingerprint density at radius 3 is 2.57 bits per heavy atom. The Morgan fingerprint density at radius 1 is 1.03 bits per heavy atom. The Bertz CT molecular complexity index is 1240. The lowest BCUT2D eigenvalue weighted by Crippen LogP contribution is -2.51. The van der Waals surface area contributed by atoms with Crippen molar-refractivity contribution in [2.75, 3.05) is 36.4 Å². The molecule has 2 aromatic carbocycles. The number of benzene rings is 2. The van der Waals surface area contributed by atoms with E-state index < -0.39 is 0 Å². The molecule has 0 saturated carbocycles. The largest absolute Gasteiger partial charge is 0.319 e. The van der Waals surface area contributed by atoms with Gasteiger partial charge in [-0.15, -0.1) is 0 Å². The van der Waals surface area contributed by atoms with E-state index in [-0.39, 0.29) is 24.4 Å². The zero-order valence-electron chi connectivity index (χ0n) is 20.3. The molecule has 1 aromatic heterocycles. The molecule has 1 atom stereocenters. The van der Waals surface area contributed by atoms with Gasteiger partial charge in [0, 0.05) is 25.3 Å². The lowest BCUT2D eigenvalue weighted by molar-refractivity contribution is -0.120. The number of nitrogens with one attached hydrogen (secondary N) is 1. The smallest absolute Gasteiger partial charge is 0.257 e. The van der Waals surface area contributed by atoms with Crippen LogP contribution in [0.2, 0.25) is 0 Å². The van der Waals surface area contributed by atoms with E-state index in [9.17, 15) is 9.59 Å². The van der Waals surface area contributed by atoms with E-state index in [2.05, 4.69) is 58.2 Å². The van der Waals surface area contributed by atoms with Gasteiger partial charge in [0.15, 0.2) is 5.82 Å². The van der Waals surface area contributed by atoms with Gasteiger partial charge >= 0.3 is 0 Å². The van der Waals surface area contributed by atoms with Crippen LogP contribution in [-0.4, -0.2) is 58.8 Å². The second kappa shape index (κ2) is 9.98. The summed E-state index contributed by atoms with van der Waals surface area (Å²) in [6, 6.07) is 19.5. The van der Waals surface area contributed by atoms with Gasteiger partial charge in [-0.1, -0.05) is 50.2 Å². The number of hydrogen-bond donors (Lipinski definition) is 1. The van der Waals surface area contributed by atoms with E-state index in [0.717, 1.165) is 32.6 Å². The maximum absolute atomic E-state index is 14.0. The lowest BCUT2D eigenvalue weighted by Gasteiger charge is -2.39. The molecule has 7 nitrogen and oxygen atoms in total. The first-order valence-corrected chi connectivity index (χ1v) is 12.3. The van der Waals surface area contributed by atoms with E-state index in [1.807, 2.05) is 18.2 Å². The summed E-state index contributed by atoms with van der Waals surface area (Å²) in [4.78, 5) is 37.7. The number of aromatic nitrogens is 1. The van der Waals surface area contributed by atoms with Gasteiger partial charge in [-0.25, -0.2) is 4.98 Å². The summed E-state index contributed by atoms with van der Waals surface area (Å²) in [6.45, 7) is 8.16. The van der Waals surface area contributed by atoms with Crippen LogP contribution in [0.3, 0.4) is 0 Å². The highest BCUT2D eigenvalue weighted by molar-refractivity contribution is 6.17. The molecule has 7 heteroatoms. The van der Waals surface area contributed by atoms with Crippen LogP contribution < -0.4 is 10.2 Å². The van der Waals surface area contributed by atoms with Crippen LogP contribution in [0.1, 0.15) is 35.3 Å². The molecule has 0 unspecified atom stereocenters. The average molecular weight is 470 g/mol. The molecular formula is C28H31N5O2. The third-order valence-electron chi connectivity index (χ3n) is 7.05. The van der Waals surface area contributed by atoms with Crippen LogP contribution in [0.5, 0.6) is 0 Å².